The fraction of sp³-hybridized carbons (Fsp3) is 0.294. The number of alkyl halides is 6. The van der Waals surface area contributed by atoms with E-state index in [0.717, 1.165) is 99.9 Å². The summed E-state index contributed by atoms with van der Waals surface area (Å²) in [5, 5.41) is 0. The lowest BCUT2D eigenvalue weighted by molar-refractivity contribution is -0.288. The normalized spacial score (nSPS) is 11.8. The van der Waals surface area contributed by atoms with Crippen LogP contribution in [0, 0.1) is 0 Å². The Kier molecular flexibility index (Phi) is 20.5. The van der Waals surface area contributed by atoms with Gasteiger partial charge in [-0.2, -0.15) is 26.3 Å². The zero-order chi connectivity index (χ0) is 48.7. The van der Waals surface area contributed by atoms with Gasteiger partial charge in [0.2, 0.25) is 5.41 Å². The first kappa shape index (κ1) is 52.5. The van der Waals surface area contributed by atoms with E-state index in [4.69, 9.17) is 28.4 Å². The Bertz CT molecular complexity index is 2120. The highest BCUT2D eigenvalue weighted by molar-refractivity contribution is 5.89. The molecule has 0 spiro atoms. The van der Waals surface area contributed by atoms with Crippen LogP contribution in [0.15, 0.2) is 135 Å². The first-order valence-electron chi connectivity index (χ1n) is 21.2. The number of halogens is 6. The molecule has 0 aliphatic heterocycles. The first-order valence-corrected chi connectivity index (χ1v) is 21.2. The summed E-state index contributed by atoms with van der Waals surface area (Å²) in [7, 11) is 0. The predicted molar refractivity (Wildman–Crippen MR) is 238 cm³/mol. The molecule has 0 heterocycles. The van der Waals surface area contributed by atoms with E-state index in [-0.39, 0.29) is 11.5 Å². The highest BCUT2D eigenvalue weighted by Gasteiger charge is 2.72. The standard InChI is InChI=1S/C51H50F6O10/c1-3-45(58)64-35-11-7-5-9-33-62-41-23-13-37(14-24-41)17-31-47(60)66-43-27-19-39(20-28-43)49(50(52,53)54,51(55,56)57)40-21-29-44(30-22-40)67-48(61)32-18-38-15-25-42(26-16-38)63-34-10-6-8-12-36-65-46(59)4-2/h3-4,13-32H,1-2,5-12,33-36H2/b31-17+,32-18+. The number of hydrogen-bond donors (Lipinski definition) is 0. The van der Waals surface area contributed by atoms with E-state index in [1.165, 1.54) is 12.2 Å². The number of ether oxygens (including phenoxy) is 6. The molecule has 4 rings (SSSR count). The number of esters is 4. The summed E-state index contributed by atoms with van der Waals surface area (Å²) in [4.78, 5) is 47.2. The van der Waals surface area contributed by atoms with Crippen molar-refractivity contribution in [2.75, 3.05) is 26.4 Å². The minimum Gasteiger partial charge on any atom is -0.494 e. The lowest BCUT2D eigenvalue weighted by Gasteiger charge is -2.38. The second-order valence-electron chi connectivity index (χ2n) is 14.7. The van der Waals surface area contributed by atoms with Gasteiger partial charge in [-0.15, -0.1) is 0 Å². The zero-order valence-electron chi connectivity index (χ0n) is 36.5. The van der Waals surface area contributed by atoms with E-state index >= 15 is 0 Å². The van der Waals surface area contributed by atoms with Crippen molar-refractivity contribution < 1.29 is 73.9 Å². The molecule has 67 heavy (non-hydrogen) atoms. The quantitative estimate of drug-likeness (QED) is 0.0198. The molecule has 0 fully saturated rings. The van der Waals surface area contributed by atoms with E-state index in [2.05, 4.69) is 13.2 Å². The molecule has 0 bridgehead atoms. The fourth-order valence-electron chi connectivity index (χ4n) is 6.47. The van der Waals surface area contributed by atoms with E-state index in [0.29, 0.717) is 73.3 Å². The molecular formula is C51H50F6O10. The Morgan fingerprint density at radius 2 is 0.731 bits per heavy atom. The van der Waals surface area contributed by atoms with Crippen molar-refractivity contribution in [1.29, 1.82) is 0 Å². The monoisotopic (exact) mass is 936 g/mol. The van der Waals surface area contributed by atoms with Crippen LogP contribution in [0.5, 0.6) is 23.0 Å². The third kappa shape index (κ3) is 16.7. The molecule has 0 atom stereocenters. The number of benzene rings is 4. The molecule has 10 nitrogen and oxygen atoms in total. The molecule has 16 heteroatoms. The van der Waals surface area contributed by atoms with E-state index in [1.54, 1.807) is 48.5 Å². The molecule has 0 unspecified atom stereocenters. The van der Waals surface area contributed by atoms with Crippen LogP contribution in [0.25, 0.3) is 12.2 Å². The van der Waals surface area contributed by atoms with Crippen LogP contribution in [0.1, 0.15) is 73.6 Å². The van der Waals surface area contributed by atoms with Gasteiger partial charge in [0, 0.05) is 24.3 Å². The van der Waals surface area contributed by atoms with Gasteiger partial charge in [-0.3, -0.25) is 0 Å². The Morgan fingerprint density at radius 3 is 1.04 bits per heavy atom. The topological polar surface area (TPSA) is 124 Å². The van der Waals surface area contributed by atoms with Crippen molar-refractivity contribution in [2.45, 2.75) is 69.1 Å². The maximum atomic E-state index is 14.8. The van der Waals surface area contributed by atoms with E-state index in [1.807, 2.05) is 0 Å². The van der Waals surface area contributed by atoms with Gasteiger partial charge in [-0.05, 0) is 134 Å². The third-order valence-electron chi connectivity index (χ3n) is 9.88. The number of carbonyl (C=O) groups excluding carboxylic acids is 4. The van der Waals surface area contributed by atoms with Crippen LogP contribution in [0.3, 0.4) is 0 Å². The predicted octanol–water partition coefficient (Wildman–Crippen LogP) is 11.7. The molecule has 0 amide bonds. The van der Waals surface area contributed by atoms with Crippen molar-refractivity contribution in [3.63, 3.8) is 0 Å². The van der Waals surface area contributed by atoms with Gasteiger partial charge >= 0.3 is 36.2 Å². The fourth-order valence-corrected chi connectivity index (χ4v) is 6.47. The molecule has 0 saturated heterocycles. The second kappa shape index (κ2) is 26.1. The van der Waals surface area contributed by atoms with Gasteiger partial charge in [0.05, 0.1) is 26.4 Å². The molecule has 0 aliphatic carbocycles. The lowest BCUT2D eigenvalue weighted by atomic mass is 9.73. The van der Waals surface area contributed by atoms with Crippen LogP contribution >= 0.6 is 0 Å². The summed E-state index contributed by atoms with van der Waals surface area (Å²) >= 11 is 0. The molecule has 0 saturated carbocycles. The average molecular weight is 937 g/mol. The van der Waals surface area contributed by atoms with Crippen molar-refractivity contribution in [1.82, 2.24) is 0 Å². The Morgan fingerprint density at radius 1 is 0.418 bits per heavy atom. The third-order valence-corrected chi connectivity index (χ3v) is 9.88. The van der Waals surface area contributed by atoms with Crippen molar-refractivity contribution >= 4 is 36.0 Å². The van der Waals surface area contributed by atoms with Gasteiger partial charge in [-0.25, -0.2) is 19.2 Å². The second-order valence-corrected chi connectivity index (χ2v) is 14.7. The number of carbonyl (C=O) groups is 4. The van der Waals surface area contributed by atoms with Gasteiger partial charge in [0.1, 0.15) is 23.0 Å². The Labute approximate surface area is 384 Å². The number of unbranched alkanes of at least 4 members (excludes halogenated alkanes) is 6. The van der Waals surface area contributed by atoms with Crippen molar-refractivity contribution in [3.05, 3.63) is 157 Å². The summed E-state index contributed by atoms with van der Waals surface area (Å²) in [5.41, 5.74) is -5.73. The highest BCUT2D eigenvalue weighted by Crippen LogP contribution is 2.56. The average Bonchev–Trinajstić information content (AvgIpc) is 3.30. The van der Waals surface area contributed by atoms with Gasteiger partial charge in [0.15, 0.2) is 0 Å². The van der Waals surface area contributed by atoms with Crippen molar-refractivity contribution in [2.24, 2.45) is 0 Å². The van der Waals surface area contributed by atoms with Gasteiger partial charge in [-0.1, -0.05) is 61.7 Å². The summed E-state index contributed by atoms with van der Waals surface area (Å²) in [5.74, 6) is -2.21. The van der Waals surface area contributed by atoms with E-state index in [9.17, 15) is 45.5 Å². The summed E-state index contributed by atoms with van der Waals surface area (Å²) < 4.78 is 120. The summed E-state index contributed by atoms with van der Waals surface area (Å²) in [6, 6.07) is 19.1. The minimum atomic E-state index is -5.90. The molecule has 4 aromatic rings. The minimum absolute atomic E-state index is 0.303. The van der Waals surface area contributed by atoms with Crippen LogP contribution in [-0.2, 0) is 34.1 Å². The zero-order valence-corrected chi connectivity index (χ0v) is 36.5. The molecule has 0 N–H and O–H groups in total. The first-order chi connectivity index (χ1) is 32.0. The SMILES string of the molecule is C=CC(=O)OCCCCCCOc1ccc(/C=C/C(=O)Oc2ccc(C(c3ccc(OC(=O)/C=C/c4ccc(OCCCCCCOC(=O)C=C)cc4)cc3)(C(F)(F)F)C(F)(F)F)cc2)cc1. The maximum Gasteiger partial charge on any atom is 0.411 e. The molecule has 4 aromatic carbocycles. The maximum absolute atomic E-state index is 14.8. The lowest BCUT2D eigenvalue weighted by Crippen LogP contribution is -2.54. The van der Waals surface area contributed by atoms with Crippen LogP contribution in [0.2, 0.25) is 0 Å². The highest BCUT2D eigenvalue weighted by atomic mass is 19.4. The summed E-state index contributed by atoms with van der Waals surface area (Å²) in [6.07, 6.45) is 1.81. The molecular weight excluding hydrogens is 887 g/mol. The molecule has 356 valence electrons. The van der Waals surface area contributed by atoms with E-state index < -0.39 is 52.8 Å². The number of rotatable bonds is 26. The number of hydrogen-bond acceptors (Lipinski definition) is 10. The smallest absolute Gasteiger partial charge is 0.411 e. The van der Waals surface area contributed by atoms with Crippen molar-refractivity contribution in [3.8, 4) is 23.0 Å². The van der Waals surface area contributed by atoms with Crippen LogP contribution in [-0.4, -0.2) is 62.7 Å². The Balaban J connectivity index is 1.29. The van der Waals surface area contributed by atoms with Gasteiger partial charge < -0.3 is 28.4 Å². The van der Waals surface area contributed by atoms with Crippen LogP contribution in [0.4, 0.5) is 26.3 Å². The summed E-state index contributed by atoms with van der Waals surface area (Å²) in [6.45, 7) is 8.24. The molecule has 0 aliphatic rings. The van der Waals surface area contributed by atoms with Crippen LogP contribution < -0.4 is 18.9 Å². The van der Waals surface area contributed by atoms with Gasteiger partial charge in [0.25, 0.3) is 0 Å². The Hall–Kier alpha value is -7.10. The molecule has 0 aromatic heterocycles. The molecule has 0 radical (unpaired) electrons. The largest absolute Gasteiger partial charge is 0.494 e.